The van der Waals surface area contributed by atoms with Gasteiger partial charge in [0.15, 0.2) is 0 Å². The average Bonchev–Trinajstić information content (AvgIpc) is 2.92. The van der Waals surface area contributed by atoms with E-state index in [1.165, 1.54) is 5.69 Å². The Morgan fingerprint density at radius 1 is 0.944 bits per heavy atom. The van der Waals surface area contributed by atoms with Gasteiger partial charge in [-0.05, 0) is 74.3 Å². The molecule has 1 saturated heterocycles. The maximum atomic E-state index is 5.89. The molecule has 7 nitrogen and oxygen atoms in total. The Balaban J connectivity index is 1.31. The fourth-order valence-corrected chi connectivity index (χ4v) is 4.91. The quantitative estimate of drug-likeness (QED) is 0.325. The highest BCUT2D eigenvalue weighted by atomic mass is 16.5. The first kappa shape index (κ1) is 24.6. The molecule has 0 atom stereocenters. The molecule has 2 aromatic carbocycles. The van der Waals surface area contributed by atoms with E-state index in [9.17, 15) is 0 Å². The molecule has 190 valence electrons. The molecule has 3 aromatic rings. The van der Waals surface area contributed by atoms with Crippen LogP contribution in [0.3, 0.4) is 0 Å². The molecule has 7 heteroatoms. The smallest absolute Gasteiger partial charge is 0.118 e. The number of nitrogens with zero attached hydrogens (tertiary/aromatic N) is 2. The maximum absolute atomic E-state index is 5.89. The first-order valence-electron chi connectivity index (χ1n) is 13.1. The lowest BCUT2D eigenvalue weighted by molar-refractivity contribution is 0.293. The average molecular weight is 487 g/mol. The Bertz CT molecular complexity index is 1110. The number of hydrogen-bond acceptors (Lipinski definition) is 7. The molecule has 0 bridgehead atoms. The first-order chi connectivity index (χ1) is 17.7. The van der Waals surface area contributed by atoms with Gasteiger partial charge in [0, 0.05) is 67.3 Å². The molecule has 5 rings (SSSR count). The number of ether oxygens (including phenoxy) is 1. The van der Waals surface area contributed by atoms with Gasteiger partial charge in [-0.2, -0.15) is 0 Å². The molecule has 1 aliphatic carbocycles. The third kappa shape index (κ3) is 6.16. The molecule has 0 unspecified atom stereocenters. The summed E-state index contributed by atoms with van der Waals surface area (Å²) in [5.74, 6) is 0.844. The fourth-order valence-electron chi connectivity index (χ4n) is 4.91. The Morgan fingerprint density at radius 2 is 1.58 bits per heavy atom. The lowest BCUT2D eigenvalue weighted by atomic mass is 9.88. The van der Waals surface area contributed by atoms with Crippen molar-refractivity contribution in [2.45, 2.75) is 31.3 Å². The van der Waals surface area contributed by atoms with Gasteiger partial charge in [0.05, 0.1) is 18.5 Å². The van der Waals surface area contributed by atoms with E-state index in [4.69, 9.17) is 15.5 Å². The predicted octanol–water partition coefficient (Wildman–Crippen LogP) is 3.72. The van der Waals surface area contributed by atoms with Crippen molar-refractivity contribution in [2.75, 3.05) is 56.6 Å². The standard InChI is InChI=1S/C29H38N6O/c1-36-27-9-5-22(6-10-27)29-20-25(33-12-2-11-32-24-17-23(30)18-24)19-28(34-29)21-3-7-26(8-4-21)35-15-13-31-14-16-35/h3-10,19-20,23-24,31-32H,2,11-18,30H2,1H3,(H,33,34). The van der Waals surface area contributed by atoms with Crippen LogP contribution in [0.1, 0.15) is 19.3 Å². The van der Waals surface area contributed by atoms with Crippen LogP contribution in [0.2, 0.25) is 0 Å². The van der Waals surface area contributed by atoms with Crippen LogP contribution in [0.4, 0.5) is 11.4 Å². The number of anilines is 2. The Kier molecular flexibility index (Phi) is 8.01. The number of benzene rings is 2. The van der Waals surface area contributed by atoms with Crippen molar-refractivity contribution in [2.24, 2.45) is 5.73 Å². The molecule has 36 heavy (non-hydrogen) atoms. The molecule has 0 spiro atoms. The molecule has 2 aliphatic rings. The SMILES string of the molecule is COc1ccc(-c2cc(NCCCNC3CC(N)C3)cc(-c3ccc(N4CCNCC4)cc3)n2)cc1. The topological polar surface area (TPSA) is 87.5 Å². The van der Waals surface area contributed by atoms with Crippen molar-refractivity contribution >= 4 is 11.4 Å². The molecule has 2 fully saturated rings. The van der Waals surface area contributed by atoms with Gasteiger partial charge in [-0.25, -0.2) is 4.98 Å². The highest BCUT2D eigenvalue weighted by Gasteiger charge is 2.24. The highest BCUT2D eigenvalue weighted by molar-refractivity contribution is 5.73. The first-order valence-corrected chi connectivity index (χ1v) is 13.1. The van der Waals surface area contributed by atoms with E-state index in [1.807, 2.05) is 12.1 Å². The van der Waals surface area contributed by atoms with Crippen molar-refractivity contribution < 1.29 is 4.74 Å². The van der Waals surface area contributed by atoms with Gasteiger partial charge in [-0.15, -0.1) is 0 Å². The summed E-state index contributed by atoms with van der Waals surface area (Å²) < 4.78 is 5.34. The van der Waals surface area contributed by atoms with Gasteiger partial charge >= 0.3 is 0 Å². The number of rotatable bonds is 10. The van der Waals surface area contributed by atoms with Crippen LogP contribution in [0.15, 0.2) is 60.7 Å². The predicted molar refractivity (Wildman–Crippen MR) is 149 cm³/mol. The Labute approximate surface area is 214 Å². The van der Waals surface area contributed by atoms with Crippen molar-refractivity contribution in [3.05, 3.63) is 60.7 Å². The summed E-state index contributed by atoms with van der Waals surface area (Å²) in [6.07, 6.45) is 3.25. The van der Waals surface area contributed by atoms with Gasteiger partial charge in [-0.1, -0.05) is 12.1 Å². The summed E-state index contributed by atoms with van der Waals surface area (Å²) in [6.45, 7) is 6.06. The minimum absolute atomic E-state index is 0.387. The number of aromatic nitrogens is 1. The van der Waals surface area contributed by atoms with Gasteiger partial charge in [0.25, 0.3) is 0 Å². The van der Waals surface area contributed by atoms with Crippen LogP contribution in [0, 0.1) is 0 Å². The Hall–Kier alpha value is -3.13. The lowest BCUT2D eigenvalue weighted by Gasteiger charge is -2.33. The van der Waals surface area contributed by atoms with Crippen molar-refractivity contribution in [3.63, 3.8) is 0 Å². The van der Waals surface area contributed by atoms with Gasteiger partial charge in [0.2, 0.25) is 0 Å². The van der Waals surface area contributed by atoms with E-state index in [1.54, 1.807) is 7.11 Å². The zero-order valence-electron chi connectivity index (χ0n) is 21.2. The van der Waals surface area contributed by atoms with Gasteiger partial charge in [-0.3, -0.25) is 0 Å². The van der Waals surface area contributed by atoms with Crippen LogP contribution in [-0.4, -0.2) is 63.4 Å². The zero-order chi connectivity index (χ0) is 24.7. The minimum Gasteiger partial charge on any atom is -0.497 e. The molecular weight excluding hydrogens is 448 g/mol. The molecular formula is C29H38N6O. The summed E-state index contributed by atoms with van der Waals surface area (Å²) in [5.41, 5.74) is 12.4. The third-order valence-corrected chi connectivity index (χ3v) is 7.15. The normalized spacial score (nSPS) is 19.6. The van der Waals surface area contributed by atoms with Crippen molar-refractivity contribution in [1.82, 2.24) is 15.6 Å². The van der Waals surface area contributed by atoms with Crippen molar-refractivity contribution in [1.29, 1.82) is 0 Å². The molecule has 1 aromatic heterocycles. The number of nitrogens with two attached hydrogens (primary N) is 1. The number of nitrogens with one attached hydrogen (secondary N) is 3. The molecule has 1 saturated carbocycles. The largest absolute Gasteiger partial charge is 0.497 e. The second-order valence-electron chi connectivity index (χ2n) is 9.80. The summed E-state index contributed by atoms with van der Waals surface area (Å²) in [6, 6.07) is 22.2. The van der Waals surface area contributed by atoms with Crippen molar-refractivity contribution in [3.8, 4) is 28.3 Å². The van der Waals surface area contributed by atoms with E-state index in [2.05, 4.69) is 69.4 Å². The number of pyridine rings is 1. The van der Waals surface area contributed by atoms with Crippen LogP contribution < -0.4 is 31.3 Å². The second kappa shape index (κ2) is 11.7. The van der Waals surface area contributed by atoms with E-state index < -0.39 is 0 Å². The zero-order valence-corrected chi connectivity index (χ0v) is 21.2. The fraction of sp³-hybridized carbons (Fsp3) is 0.414. The second-order valence-corrected chi connectivity index (χ2v) is 9.80. The van der Waals surface area contributed by atoms with Gasteiger partial charge < -0.3 is 31.3 Å². The van der Waals surface area contributed by atoms with E-state index in [0.717, 1.165) is 92.5 Å². The minimum atomic E-state index is 0.387. The Morgan fingerprint density at radius 3 is 2.19 bits per heavy atom. The molecule has 0 radical (unpaired) electrons. The number of piperazine rings is 1. The monoisotopic (exact) mass is 486 g/mol. The van der Waals surface area contributed by atoms with E-state index in [0.29, 0.717) is 12.1 Å². The summed E-state index contributed by atoms with van der Waals surface area (Å²) in [4.78, 5) is 7.47. The summed E-state index contributed by atoms with van der Waals surface area (Å²) in [7, 11) is 1.69. The van der Waals surface area contributed by atoms with Gasteiger partial charge in [0.1, 0.15) is 5.75 Å². The number of hydrogen-bond donors (Lipinski definition) is 4. The number of methoxy groups -OCH3 is 1. The van der Waals surface area contributed by atoms with Crippen LogP contribution in [-0.2, 0) is 0 Å². The summed E-state index contributed by atoms with van der Waals surface area (Å²) >= 11 is 0. The van der Waals surface area contributed by atoms with Crippen LogP contribution in [0.5, 0.6) is 5.75 Å². The lowest BCUT2D eigenvalue weighted by Crippen LogP contribution is -2.48. The molecule has 0 amide bonds. The molecule has 5 N–H and O–H groups in total. The third-order valence-electron chi connectivity index (χ3n) is 7.15. The van der Waals surface area contributed by atoms with Crippen LogP contribution in [0.25, 0.3) is 22.5 Å². The van der Waals surface area contributed by atoms with Crippen LogP contribution >= 0.6 is 0 Å². The van der Waals surface area contributed by atoms with E-state index in [-0.39, 0.29) is 0 Å². The highest BCUT2D eigenvalue weighted by Crippen LogP contribution is 2.29. The molecule has 1 aliphatic heterocycles. The summed E-state index contributed by atoms with van der Waals surface area (Å²) in [5, 5.41) is 10.6. The molecule has 2 heterocycles. The van der Waals surface area contributed by atoms with E-state index >= 15 is 0 Å². The maximum Gasteiger partial charge on any atom is 0.118 e.